The van der Waals surface area contributed by atoms with Crippen LogP contribution in [0.4, 0.5) is 0 Å². The molecule has 2 unspecified atom stereocenters. The number of hydrogen-bond donors (Lipinski definition) is 1. The van der Waals surface area contributed by atoms with Crippen molar-refractivity contribution >= 4 is 21.8 Å². The molecule has 16 heavy (non-hydrogen) atoms. The van der Waals surface area contributed by atoms with Gasteiger partial charge in [-0.2, -0.15) is 5.26 Å². The van der Waals surface area contributed by atoms with Gasteiger partial charge in [0.1, 0.15) is 5.92 Å². The molecule has 3 nitrogen and oxygen atoms in total. The first-order valence-electron chi connectivity index (χ1n) is 5.00. The van der Waals surface area contributed by atoms with Crippen molar-refractivity contribution in [3.63, 3.8) is 0 Å². The van der Waals surface area contributed by atoms with Crippen molar-refractivity contribution in [1.29, 1.82) is 5.26 Å². The topological polar surface area (TPSA) is 52.9 Å². The van der Waals surface area contributed by atoms with Gasteiger partial charge in [-0.15, -0.1) is 0 Å². The van der Waals surface area contributed by atoms with Crippen LogP contribution in [-0.4, -0.2) is 5.91 Å². The molecule has 4 heteroatoms. The summed E-state index contributed by atoms with van der Waals surface area (Å²) in [5, 5.41) is 11.4. The van der Waals surface area contributed by atoms with Gasteiger partial charge in [-0.1, -0.05) is 28.1 Å². The fourth-order valence-corrected chi connectivity index (χ4v) is 1.50. The summed E-state index contributed by atoms with van der Waals surface area (Å²) in [4.78, 5) is 11.5. The van der Waals surface area contributed by atoms with Gasteiger partial charge >= 0.3 is 0 Å². The largest absolute Gasteiger partial charge is 0.348 e. The molecule has 0 aliphatic rings. The maximum atomic E-state index is 11.5. The first-order chi connectivity index (χ1) is 7.54. The van der Waals surface area contributed by atoms with E-state index in [1.807, 2.05) is 37.3 Å². The third-order valence-electron chi connectivity index (χ3n) is 2.32. The van der Waals surface area contributed by atoms with E-state index in [4.69, 9.17) is 5.26 Å². The summed E-state index contributed by atoms with van der Waals surface area (Å²) in [6.07, 6.45) is 0. The van der Waals surface area contributed by atoms with Gasteiger partial charge in [0.25, 0.3) is 0 Å². The Bertz CT molecular complexity index is 408. The molecule has 0 saturated carbocycles. The molecule has 1 amide bonds. The molecule has 0 aliphatic heterocycles. The molecule has 1 aromatic carbocycles. The van der Waals surface area contributed by atoms with Crippen molar-refractivity contribution in [2.45, 2.75) is 19.9 Å². The lowest BCUT2D eigenvalue weighted by Crippen LogP contribution is -2.30. The van der Waals surface area contributed by atoms with Crippen molar-refractivity contribution in [3.05, 3.63) is 34.3 Å². The number of carbonyl (C=O) groups is 1. The van der Waals surface area contributed by atoms with Crippen LogP contribution in [0.15, 0.2) is 28.7 Å². The summed E-state index contributed by atoms with van der Waals surface area (Å²) >= 11 is 3.35. The summed E-state index contributed by atoms with van der Waals surface area (Å²) < 4.78 is 1.00. The standard InChI is InChI=1S/C12H13BrN2O/c1-8(7-14)12(16)15-9(2)10-3-5-11(13)6-4-10/h3-6,8-9H,1-2H3,(H,15,16). The minimum atomic E-state index is -0.613. The fraction of sp³-hybridized carbons (Fsp3) is 0.333. The molecule has 84 valence electrons. The number of nitrogens with zero attached hydrogens (tertiary/aromatic N) is 1. The van der Waals surface area contributed by atoms with E-state index in [0.717, 1.165) is 10.0 Å². The minimum absolute atomic E-state index is 0.0867. The van der Waals surface area contributed by atoms with Gasteiger partial charge in [-0.3, -0.25) is 4.79 Å². The molecule has 1 N–H and O–H groups in total. The highest BCUT2D eigenvalue weighted by molar-refractivity contribution is 9.10. The van der Waals surface area contributed by atoms with Crippen LogP contribution in [0.25, 0.3) is 0 Å². The first-order valence-corrected chi connectivity index (χ1v) is 5.79. The third-order valence-corrected chi connectivity index (χ3v) is 2.84. The van der Waals surface area contributed by atoms with Crippen LogP contribution in [0.2, 0.25) is 0 Å². The zero-order valence-electron chi connectivity index (χ0n) is 9.20. The number of amides is 1. The second-order valence-electron chi connectivity index (χ2n) is 3.63. The fourth-order valence-electron chi connectivity index (χ4n) is 1.23. The van der Waals surface area contributed by atoms with Crippen LogP contribution < -0.4 is 5.32 Å². The third kappa shape index (κ3) is 3.35. The predicted molar refractivity (Wildman–Crippen MR) is 65.5 cm³/mol. The van der Waals surface area contributed by atoms with Crippen LogP contribution in [0.5, 0.6) is 0 Å². The van der Waals surface area contributed by atoms with Gasteiger partial charge in [-0.05, 0) is 31.5 Å². The molecule has 0 aromatic heterocycles. The average molecular weight is 281 g/mol. The van der Waals surface area contributed by atoms with E-state index in [-0.39, 0.29) is 11.9 Å². The van der Waals surface area contributed by atoms with Crippen molar-refractivity contribution in [3.8, 4) is 6.07 Å². The van der Waals surface area contributed by atoms with E-state index in [9.17, 15) is 4.79 Å². The zero-order chi connectivity index (χ0) is 12.1. The number of nitrogens with one attached hydrogen (secondary N) is 1. The van der Waals surface area contributed by atoms with Crippen molar-refractivity contribution in [1.82, 2.24) is 5.32 Å². The van der Waals surface area contributed by atoms with Crippen molar-refractivity contribution in [2.24, 2.45) is 5.92 Å². The summed E-state index contributed by atoms with van der Waals surface area (Å²) in [6.45, 7) is 3.48. The van der Waals surface area contributed by atoms with Gasteiger partial charge < -0.3 is 5.32 Å². The average Bonchev–Trinajstić information content (AvgIpc) is 2.28. The lowest BCUT2D eigenvalue weighted by Gasteiger charge is -2.15. The molecule has 1 rings (SSSR count). The first kappa shape index (κ1) is 12.7. The number of carbonyl (C=O) groups excluding carboxylic acids is 1. The smallest absolute Gasteiger partial charge is 0.237 e. The van der Waals surface area contributed by atoms with E-state index in [1.54, 1.807) is 6.92 Å². The van der Waals surface area contributed by atoms with Gasteiger partial charge in [0.05, 0.1) is 12.1 Å². The van der Waals surface area contributed by atoms with Gasteiger partial charge in [-0.25, -0.2) is 0 Å². The Morgan fingerprint density at radius 1 is 1.38 bits per heavy atom. The Morgan fingerprint density at radius 3 is 2.44 bits per heavy atom. The molecule has 0 spiro atoms. The molecule has 1 aromatic rings. The Labute approximate surface area is 104 Å². The van der Waals surface area contributed by atoms with Gasteiger partial charge in [0, 0.05) is 4.47 Å². The minimum Gasteiger partial charge on any atom is -0.348 e. The van der Waals surface area contributed by atoms with Crippen LogP contribution in [0.3, 0.4) is 0 Å². The Hall–Kier alpha value is -1.34. The normalized spacial score (nSPS) is 13.6. The van der Waals surface area contributed by atoms with E-state index in [2.05, 4.69) is 21.2 Å². The van der Waals surface area contributed by atoms with Crippen LogP contribution >= 0.6 is 15.9 Å². The molecule has 2 atom stereocenters. The lowest BCUT2D eigenvalue weighted by molar-refractivity contribution is -0.123. The molecule has 0 radical (unpaired) electrons. The summed E-state index contributed by atoms with van der Waals surface area (Å²) in [6, 6.07) is 9.54. The van der Waals surface area contributed by atoms with Crippen molar-refractivity contribution < 1.29 is 4.79 Å². The highest BCUT2D eigenvalue weighted by Crippen LogP contribution is 2.16. The number of hydrogen-bond acceptors (Lipinski definition) is 2. The predicted octanol–water partition coefficient (Wildman–Crippen LogP) is 2.79. The highest BCUT2D eigenvalue weighted by atomic mass is 79.9. The Kier molecular flexibility index (Phi) is 4.51. The lowest BCUT2D eigenvalue weighted by atomic mass is 10.1. The zero-order valence-corrected chi connectivity index (χ0v) is 10.8. The SMILES string of the molecule is CC(C#N)C(=O)NC(C)c1ccc(Br)cc1. The molecule has 0 bridgehead atoms. The number of nitriles is 1. The second kappa shape index (κ2) is 5.66. The number of rotatable bonds is 3. The molecular formula is C12H13BrN2O. The summed E-state index contributed by atoms with van der Waals surface area (Å²) in [5.41, 5.74) is 1.02. The van der Waals surface area contributed by atoms with E-state index < -0.39 is 5.92 Å². The van der Waals surface area contributed by atoms with Gasteiger partial charge in [0.15, 0.2) is 0 Å². The quantitative estimate of drug-likeness (QED) is 0.926. The maximum Gasteiger partial charge on any atom is 0.237 e. The van der Waals surface area contributed by atoms with Gasteiger partial charge in [0.2, 0.25) is 5.91 Å². The monoisotopic (exact) mass is 280 g/mol. The van der Waals surface area contributed by atoms with Crippen molar-refractivity contribution in [2.75, 3.05) is 0 Å². The Morgan fingerprint density at radius 2 is 1.94 bits per heavy atom. The maximum absolute atomic E-state index is 11.5. The molecule has 0 saturated heterocycles. The summed E-state index contributed by atoms with van der Waals surface area (Å²) in [7, 11) is 0. The highest BCUT2D eigenvalue weighted by Gasteiger charge is 2.14. The molecule has 0 heterocycles. The number of benzene rings is 1. The molecule has 0 aliphatic carbocycles. The second-order valence-corrected chi connectivity index (χ2v) is 4.55. The van der Waals surface area contributed by atoms with Crippen LogP contribution in [0.1, 0.15) is 25.5 Å². The van der Waals surface area contributed by atoms with E-state index >= 15 is 0 Å². The van der Waals surface area contributed by atoms with Crippen LogP contribution in [-0.2, 0) is 4.79 Å². The van der Waals surface area contributed by atoms with Crippen LogP contribution in [0, 0.1) is 17.2 Å². The number of halogens is 1. The molecule has 0 fully saturated rings. The Balaban J connectivity index is 2.66. The molecular weight excluding hydrogens is 268 g/mol. The van der Waals surface area contributed by atoms with E-state index in [1.165, 1.54) is 0 Å². The van der Waals surface area contributed by atoms with E-state index in [0.29, 0.717) is 0 Å². The summed E-state index contributed by atoms with van der Waals surface area (Å²) in [5.74, 6) is -0.851.